The highest BCUT2D eigenvalue weighted by molar-refractivity contribution is 5.79. The second-order valence-electron chi connectivity index (χ2n) is 6.04. The van der Waals surface area contributed by atoms with Gasteiger partial charge in [0.2, 0.25) is 5.91 Å². The first-order valence-electron chi connectivity index (χ1n) is 8.06. The summed E-state index contributed by atoms with van der Waals surface area (Å²) >= 11 is 0. The van der Waals surface area contributed by atoms with Crippen molar-refractivity contribution < 1.29 is 9.53 Å². The number of piperidine rings is 1. The lowest BCUT2D eigenvalue weighted by Crippen LogP contribution is -2.40. The predicted octanol–water partition coefficient (Wildman–Crippen LogP) is 2.23. The van der Waals surface area contributed by atoms with Crippen LogP contribution in [0.15, 0.2) is 24.3 Å². The average molecular weight is 288 g/mol. The van der Waals surface area contributed by atoms with E-state index in [0.717, 1.165) is 50.1 Å². The Kier molecular flexibility index (Phi) is 4.76. The molecule has 1 saturated carbocycles. The number of nitrogens with one attached hydrogen (secondary N) is 2. The van der Waals surface area contributed by atoms with Crippen LogP contribution in [-0.4, -0.2) is 25.1 Å². The van der Waals surface area contributed by atoms with Gasteiger partial charge in [-0.25, -0.2) is 0 Å². The molecule has 114 valence electrons. The van der Waals surface area contributed by atoms with Crippen LogP contribution in [0.4, 0.5) is 0 Å². The van der Waals surface area contributed by atoms with Crippen molar-refractivity contribution in [3.63, 3.8) is 0 Å². The number of para-hydroxylation sites is 1. The van der Waals surface area contributed by atoms with Gasteiger partial charge in [-0.15, -0.1) is 0 Å². The highest BCUT2D eigenvalue weighted by atomic mass is 16.5. The van der Waals surface area contributed by atoms with Crippen LogP contribution in [0.5, 0.6) is 5.75 Å². The van der Waals surface area contributed by atoms with Gasteiger partial charge in [0.1, 0.15) is 5.75 Å². The Morgan fingerprint density at radius 3 is 2.81 bits per heavy atom. The number of carbonyl (C=O) groups is 1. The van der Waals surface area contributed by atoms with Gasteiger partial charge in [0.25, 0.3) is 0 Å². The summed E-state index contributed by atoms with van der Waals surface area (Å²) in [6.07, 6.45) is 5.99. The maximum atomic E-state index is 12.2. The van der Waals surface area contributed by atoms with Crippen molar-refractivity contribution in [3.05, 3.63) is 29.8 Å². The van der Waals surface area contributed by atoms with Crippen LogP contribution < -0.4 is 15.4 Å². The lowest BCUT2D eigenvalue weighted by atomic mass is 9.96. The molecule has 1 amide bonds. The van der Waals surface area contributed by atoms with Crippen molar-refractivity contribution in [1.82, 2.24) is 10.6 Å². The van der Waals surface area contributed by atoms with Crippen LogP contribution >= 0.6 is 0 Å². The minimum absolute atomic E-state index is 0.110. The molecule has 1 heterocycles. The number of ether oxygens (including phenoxy) is 1. The normalized spacial score (nSPS) is 22.4. The van der Waals surface area contributed by atoms with Gasteiger partial charge >= 0.3 is 0 Å². The van der Waals surface area contributed by atoms with Crippen LogP contribution in [-0.2, 0) is 11.3 Å². The first-order chi connectivity index (χ1) is 10.3. The molecule has 21 heavy (non-hydrogen) atoms. The van der Waals surface area contributed by atoms with Crippen molar-refractivity contribution >= 4 is 5.91 Å². The Morgan fingerprint density at radius 2 is 2.10 bits per heavy atom. The van der Waals surface area contributed by atoms with E-state index < -0.39 is 0 Å². The summed E-state index contributed by atoms with van der Waals surface area (Å²) in [5.74, 6) is 1.18. The standard InChI is InChI=1S/C17H24N2O2/c20-17(14-6-4-10-18-11-14)19-12-13-5-1-2-9-16(13)21-15-7-3-8-15/h1-2,5,9,14-15,18H,3-4,6-8,10-12H2,(H,19,20). The monoisotopic (exact) mass is 288 g/mol. The van der Waals surface area contributed by atoms with Gasteiger partial charge in [-0.3, -0.25) is 4.79 Å². The molecule has 0 aromatic heterocycles. The maximum Gasteiger partial charge on any atom is 0.224 e. The van der Waals surface area contributed by atoms with Crippen LogP contribution in [0, 0.1) is 5.92 Å². The summed E-state index contributed by atoms with van der Waals surface area (Å²) < 4.78 is 6.00. The van der Waals surface area contributed by atoms with Crippen molar-refractivity contribution in [3.8, 4) is 5.75 Å². The number of hydrogen-bond donors (Lipinski definition) is 2. The zero-order valence-electron chi connectivity index (χ0n) is 12.4. The van der Waals surface area contributed by atoms with Crippen LogP contribution in [0.25, 0.3) is 0 Å². The molecule has 4 heteroatoms. The molecule has 1 aliphatic carbocycles. The third-order valence-corrected chi connectivity index (χ3v) is 4.44. The molecule has 3 rings (SSSR count). The average Bonchev–Trinajstić information content (AvgIpc) is 2.50. The van der Waals surface area contributed by atoms with Gasteiger partial charge in [-0.05, 0) is 44.7 Å². The van der Waals surface area contributed by atoms with E-state index in [4.69, 9.17) is 4.74 Å². The second kappa shape index (κ2) is 6.94. The summed E-state index contributed by atoms with van der Waals surface area (Å²) in [7, 11) is 0. The molecule has 1 aromatic rings. The Morgan fingerprint density at radius 1 is 1.24 bits per heavy atom. The van der Waals surface area contributed by atoms with E-state index in [1.165, 1.54) is 6.42 Å². The predicted molar refractivity (Wildman–Crippen MR) is 82.1 cm³/mol. The number of amides is 1. The lowest BCUT2D eigenvalue weighted by molar-refractivity contribution is -0.125. The van der Waals surface area contributed by atoms with Gasteiger partial charge < -0.3 is 15.4 Å². The minimum Gasteiger partial charge on any atom is -0.490 e. The first-order valence-corrected chi connectivity index (χ1v) is 8.06. The summed E-state index contributed by atoms with van der Waals surface area (Å²) in [5.41, 5.74) is 1.07. The summed E-state index contributed by atoms with van der Waals surface area (Å²) in [6.45, 7) is 2.38. The molecule has 4 nitrogen and oxygen atoms in total. The molecule has 1 unspecified atom stereocenters. The van der Waals surface area contributed by atoms with E-state index in [-0.39, 0.29) is 11.8 Å². The highest BCUT2D eigenvalue weighted by Gasteiger charge is 2.22. The fraction of sp³-hybridized carbons (Fsp3) is 0.588. The van der Waals surface area contributed by atoms with Crippen molar-refractivity contribution in [2.45, 2.75) is 44.8 Å². The van der Waals surface area contributed by atoms with E-state index in [1.807, 2.05) is 24.3 Å². The van der Waals surface area contributed by atoms with Gasteiger partial charge in [-0.1, -0.05) is 18.2 Å². The molecule has 1 saturated heterocycles. The van der Waals surface area contributed by atoms with E-state index in [9.17, 15) is 4.79 Å². The topological polar surface area (TPSA) is 50.4 Å². The van der Waals surface area contributed by atoms with Gasteiger partial charge in [-0.2, -0.15) is 0 Å². The van der Waals surface area contributed by atoms with E-state index in [2.05, 4.69) is 10.6 Å². The minimum atomic E-state index is 0.110. The summed E-state index contributed by atoms with van der Waals surface area (Å²) in [6, 6.07) is 8.02. The lowest BCUT2D eigenvalue weighted by Gasteiger charge is -2.27. The Hall–Kier alpha value is -1.55. The fourth-order valence-corrected chi connectivity index (χ4v) is 2.84. The SMILES string of the molecule is O=C(NCc1ccccc1OC1CCC1)C1CCCNC1. The van der Waals surface area contributed by atoms with Crippen LogP contribution in [0.2, 0.25) is 0 Å². The zero-order chi connectivity index (χ0) is 14.5. The molecule has 1 aliphatic heterocycles. The molecule has 2 aliphatic rings. The molecule has 1 atom stereocenters. The summed E-state index contributed by atoms with van der Waals surface area (Å²) in [4.78, 5) is 12.2. The fourth-order valence-electron chi connectivity index (χ4n) is 2.84. The van der Waals surface area contributed by atoms with Crippen molar-refractivity contribution in [2.75, 3.05) is 13.1 Å². The third kappa shape index (κ3) is 3.76. The van der Waals surface area contributed by atoms with Crippen molar-refractivity contribution in [2.24, 2.45) is 5.92 Å². The van der Waals surface area contributed by atoms with E-state index >= 15 is 0 Å². The van der Waals surface area contributed by atoms with E-state index in [1.54, 1.807) is 0 Å². The largest absolute Gasteiger partial charge is 0.490 e. The molecular formula is C17H24N2O2. The van der Waals surface area contributed by atoms with Crippen LogP contribution in [0.3, 0.4) is 0 Å². The second-order valence-corrected chi connectivity index (χ2v) is 6.04. The number of rotatable bonds is 5. The zero-order valence-corrected chi connectivity index (χ0v) is 12.4. The molecule has 0 spiro atoms. The molecule has 1 aromatic carbocycles. The van der Waals surface area contributed by atoms with Crippen LogP contribution in [0.1, 0.15) is 37.7 Å². The maximum absolute atomic E-state index is 12.2. The van der Waals surface area contributed by atoms with E-state index in [0.29, 0.717) is 12.6 Å². The molecule has 2 N–H and O–H groups in total. The highest BCUT2D eigenvalue weighted by Crippen LogP contribution is 2.27. The number of benzene rings is 1. The van der Waals surface area contributed by atoms with Crippen molar-refractivity contribution in [1.29, 1.82) is 0 Å². The quantitative estimate of drug-likeness (QED) is 0.873. The smallest absolute Gasteiger partial charge is 0.224 e. The third-order valence-electron chi connectivity index (χ3n) is 4.44. The number of hydrogen-bond acceptors (Lipinski definition) is 3. The molecule has 0 bridgehead atoms. The Balaban J connectivity index is 1.55. The summed E-state index contributed by atoms with van der Waals surface area (Å²) in [5, 5.41) is 6.34. The Bertz CT molecular complexity index is 479. The van der Waals surface area contributed by atoms with Gasteiger partial charge in [0, 0.05) is 18.7 Å². The number of carbonyl (C=O) groups excluding carboxylic acids is 1. The van der Waals surface area contributed by atoms with Gasteiger partial charge in [0.05, 0.1) is 12.0 Å². The Labute approximate surface area is 126 Å². The molecule has 2 fully saturated rings. The molecule has 0 radical (unpaired) electrons. The van der Waals surface area contributed by atoms with Gasteiger partial charge in [0.15, 0.2) is 0 Å². The first kappa shape index (κ1) is 14.4. The molecular weight excluding hydrogens is 264 g/mol.